The predicted octanol–water partition coefficient (Wildman–Crippen LogP) is 2.58. The van der Waals surface area contributed by atoms with Gasteiger partial charge in [0.1, 0.15) is 0 Å². The first-order chi connectivity index (χ1) is 6.23. The normalized spacial score (nSPS) is 59.5. The minimum atomic E-state index is 0.0191. The Morgan fingerprint density at radius 3 is 2.85 bits per heavy atom. The Balaban J connectivity index is 1.95. The highest BCUT2D eigenvalue weighted by molar-refractivity contribution is 5.08. The fourth-order valence-corrected chi connectivity index (χ4v) is 4.68. The molecule has 3 aliphatic rings. The zero-order valence-corrected chi connectivity index (χ0v) is 8.50. The van der Waals surface area contributed by atoms with Crippen molar-refractivity contribution in [3.8, 4) is 0 Å². The largest absolute Gasteiger partial charge is 0.393 e. The third-order valence-corrected chi connectivity index (χ3v) is 5.43. The highest BCUT2D eigenvalue weighted by atomic mass is 16.3. The van der Waals surface area contributed by atoms with Gasteiger partial charge in [-0.25, -0.2) is 0 Å². The maximum atomic E-state index is 10.1. The van der Waals surface area contributed by atoms with Crippen LogP contribution in [0.5, 0.6) is 0 Å². The van der Waals surface area contributed by atoms with Crippen LogP contribution in [0.3, 0.4) is 0 Å². The highest BCUT2D eigenvalue weighted by Crippen LogP contribution is 2.63. The van der Waals surface area contributed by atoms with E-state index < -0.39 is 0 Å². The first kappa shape index (κ1) is 8.28. The molecular weight excluding hydrogens is 160 g/mol. The zero-order chi connectivity index (χ0) is 9.05. The molecule has 0 bridgehead atoms. The third-order valence-electron chi connectivity index (χ3n) is 5.43. The van der Waals surface area contributed by atoms with E-state index in [1.54, 1.807) is 0 Å². The number of hydrogen-bond donors (Lipinski definition) is 1. The van der Waals surface area contributed by atoms with Gasteiger partial charge in [0.2, 0.25) is 0 Å². The molecule has 1 unspecified atom stereocenters. The summed E-state index contributed by atoms with van der Waals surface area (Å²) in [5.74, 6) is 2.71. The summed E-state index contributed by atoms with van der Waals surface area (Å²) in [7, 11) is 0. The lowest BCUT2D eigenvalue weighted by atomic mass is 9.73. The number of rotatable bonds is 0. The maximum absolute atomic E-state index is 10.1. The summed E-state index contributed by atoms with van der Waals surface area (Å²) < 4.78 is 0. The van der Waals surface area contributed by atoms with Crippen LogP contribution in [-0.2, 0) is 0 Å². The predicted molar refractivity (Wildman–Crippen MR) is 52.3 cm³/mol. The molecule has 1 heteroatoms. The van der Waals surface area contributed by atoms with Crippen LogP contribution in [0.1, 0.15) is 45.4 Å². The highest BCUT2D eigenvalue weighted by Gasteiger charge is 2.59. The van der Waals surface area contributed by atoms with Crippen molar-refractivity contribution in [3.05, 3.63) is 0 Å². The van der Waals surface area contributed by atoms with Gasteiger partial charge >= 0.3 is 0 Å². The smallest absolute Gasteiger partial charge is 0.0599 e. The van der Waals surface area contributed by atoms with Gasteiger partial charge in [-0.1, -0.05) is 19.8 Å². The molecule has 0 radical (unpaired) electrons. The second-order valence-corrected chi connectivity index (χ2v) is 5.69. The first-order valence-electron chi connectivity index (χ1n) is 5.91. The van der Waals surface area contributed by atoms with Crippen LogP contribution in [0, 0.1) is 23.2 Å². The molecule has 3 rings (SSSR count). The maximum Gasteiger partial charge on any atom is 0.0599 e. The summed E-state index contributed by atoms with van der Waals surface area (Å²) in [6.07, 6.45) is 8.08. The van der Waals surface area contributed by atoms with E-state index in [-0.39, 0.29) is 6.10 Å². The molecule has 74 valence electrons. The van der Waals surface area contributed by atoms with E-state index in [1.807, 2.05) is 0 Å². The van der Waals surface area contributed by atoms with Gasteiger partial charge in [-0.05, 0) is 48.9 Å². The molecule has 0 aliphatic heterocycles. The van der Waals surface area contributed by atoms with Crippen molar-refractivity contribution in [2.24, 2.45) is 23.2 Å². The van der Waals surface area contributed by atoms with Crippen molar-refractivity contribution in [1.29, 1.82) is 0 Å². The Labute approximate surface area is 80.5 Å². The molecule has 3 fully saturated rings. The molecule has 13 heavy (non-hydrogen) atoms. The Morgan fingerprint density at radius 2 is 2.00 bits per heavy atom. The van der Waals surface area contributed by atoms with Gasteiger partial charge in [-0.3, -0.25) is 0 Å². The number of aliphatic hydroxyl groups excluding tert-OH is 1. The molecule has 0 saturated heterocycles. The van der Waals surface area contributed by atoms with Crippen molar-refractivity contribution in [2.45, 2.75) is 51.6 Å². The summed E-state index contributed by atoms with van der Waals surface area (Å²) in [5, 5.41) is 10.1. The van der Waals surface area contributed by atoms with Crippen LogP contribution < -0.4 is 0 Å². The Kier molecular flexibility index (Phi) is 1.59. The van der Waals surface area contributed by atoms with Crippen LogP contribution in [0.15, 0.2) is 0 Å². The lowest BCUT2D eigenvalue weighted by Crippen LogP contribution is -2.35. The number of hydrogen-bond acceptors (Lipinski definition) is 1. The molecule has 1 nitrogen and oxygen atoms in total. The number of fused-ring (bicyclic) bond motifs is 3. The molecule has 5 atom stereocenters. The third kappa shape index (κ3) is 0.869. The van der Waals surface area contributed by atoms with Crippen LogP contribution in [0.2, 0.25) is 0 Å². The quantitative estimate of drug-likeness (QED) is 0.607. The Morgan fingerprint density at radius 1 is 1.15 bits per heavy atom. The van der Waals surface area contributed by atoms with E-state index in [4.69, 9.17) is 0 Å². The van der Waals surface area contributed by atoms with Crippen molar-refractivity contribution in [1.82, 2.24) is 0 Å². The average molecular weight is 180 g/mol. The molecule has 3 aliphatic carbocycles. The van der Waals surface area contributed by atoms with E-state index >= 15 is 0 Å². The van der Waals surface area contributed by atoms with Gasteiger partial charge in [0.25, 0.3) is 0 Å². The SMILES string of the molecule is C[C@@]12C(O)CC[C@@H]1C[C@H]1CCC[C@H]12. The lowest BCUT2D eigenvalue weighted by Gasteiger charge is -2.34. The number of aliphatic hydroxyl groups is 1. The van der Waals surface area contributed by atoms with Crippen LogP contribution in [-0.4, -0.2) is 11.2 Å². The minimum Gasteiger partial charge on any atom is -0.393 e. The zero-order valence-electron chi connectivity index (χ0n) is 8.50. The topological polar surface area (TPSA) is 20.2 Å². The fourth-order valence-electron chi connectivity index (χ4n) is 4.68. The van der Waals surface area contributed by atoms with Gasteiger partial charge in [0, 0.05) is 0 Å². The second kappa shape index (κ2) is 2.50. The van der Waals surface area contributed by atoms with E-state index in [1.165, 1.54) is 32.1 Å². The van der Waals surface area contributed by atoms with Crippen LogP contribution in [0.25, 0.3) is 0 Å². The molecular formula is C12H20O. The summed E-state index contributed by atoms with van der Waals surface area (Å²) in [6.45, 7) is 2.37. The summed E-state index contributed by atoms with van der Waals surface area (Å²) in [6, 6.07) is 0. The van der Waals surface area contributed by atoms with Gasteiger partial charge in [0.05, 0.1) is 6.10 Å². The van der Waals surface area contributed by atoms with Gasteiger partial charge in [-0.2, -0.15) is 0 Å². The molecule has 0 spiro atoms. The standard InChI is InChI=1S/C12H20O/c1-12-9(5-6-11(12)13)7-8-3-2-4-10(8)12/h8-11,13H,2-7H2,1H3/t8-,9-,10-,11?,12-/m1/s1. The summed E-state index contributed by atoms with van der Waals surface area (Å²) >= 11 is 0. The summed E-state index contributed by atoms with van der Waals surface area (Å²) in [4.78, 5) is 0. The van der Waals surface area contributed by atoms with Crippen LogP contribution >= 0.6 is 0 Å². The molecule has 1 N–H and O–H groups in total. The fraction of sp³-hybridized carbons (Fsp3) is 1.00. The van der Waals surface area contributed by atoms with Crippen molar-refractivity contribution < 1.29 is 5.11 Å². The van der Waals surface area contributed by atoms with E-state index in [0.29, 0.717) is 5.41 Å². The van der Waals surface area contributed by atoms with E-state index in [2.05, 4.69) is 6.92 Å². The van der Waals surface area contributed by atoms with Crippen molar-refractivity contribution in [2.75, 3.05) is 0 Å². The van der Waals surface area contributed by atoms with Gasteiger partial charge in [0.15, 0.2) is 0 Å². The Bertz CT molecular complexity index is 225. The minimum absolute atomic E-state index is 0.0191. The molecule has 0 heterocycles. The molecule has 0 aromatic rings. The summed E-state index contributed by atoms with van der Waals surface area (Å²) in [5.41, 5.74) is 0.321. The van der Waals surface area contributed by atoms with Crippen molar-refractivity contribution in [3.63, 3.8) is 0 Å². The van der Waals surface area contributed by atoms with E-state index in [0.717, 1.165) is 24.2 Å². The molecule has 0 aromatic heterocycles. The van der Waals surface area contributed by atoms with Gasteiger partial charge in [-0.15, -0.1) is 0 Å². The molecule has 0 amide bonds. The van der Waals surface area contributed by atoms with Gasteiger partial charge < -0.3 is 5.11 Å². The van der Waals surface area contributed by atoms with Crippen molar-refractivity contribution >= 4 is 0 Å². The average Bonchev–Trinajstić information content (AvgIpc) is 2.70. The second-order valence-electron chi connectivity index (χ2n) is 5.69. The first-order valence-corrected chi connectivity index (χ1v) is 5.91. The Hall–Kier alpha value is -0.0400. The molecule has 0 aromatic carbocycles. The van der Waals surface area contributed by atoms with E-state index in [9.17, 15) is 5.11 Å². The van der Waals surface area contributed by atoms with Crippen LogP contribution in [0.4, 0.5) is 0 Å². The molecule has 3 saturated carbocycles. The lowest BCUT2D eigenvalue weighted by molar-refractivity contribution is 0.0149. The monoisotopic (exact) mass is 180 g/mol.